The topological polar surface area (TPSA) is 224 Å². The molecule has 4 aliphatic rings. The number of aliphatic hydroxyl groups excluding tert-OH is 1. The van der Waals surface area contributed by atoms with Crippen molar-refractivity contribution in [2.75, 3.05) is 27.9 Å². The molecule has 0 aromatic heterocycles. The molecule has 3 fully saturated rings. The van der Waals surface area contributed by atoms with Gasteiger partial charge in [-0.25, -0.2) is 4.79 Å². The molecule has 374 valence electrons. The van der Waals surface area contributed by atoms with Gasteiger partial charge in [0.25, 0.3) is 11.7 Å². The normalized spacial score (nSPS) is 39.4. The van der Waals surface area contributed by atoms with Crippen LogP contribution >= 0.6 is 0 Å². The molecule has 4 rings (SSSR count). The number of ketones is 3. The van der Waals surface area contributed by atoms with E-state index in [4.69, 9.17) is 29.2 Å². The van der Waals surface area contributed by atoms with Crippen LogP contribution in [0.2, 0.25) is 0 Å². The summed E-state index contributed by atoms with van der Waals surface area (Å²) in [5.74, 6) is -8.09. The fraction of sp³-hybridized carbons (Fsp3) is 0.745. The Bertz CT molecular complexity index is 1890. The smallest absolute Gasteiger partial charge is 0.329 e. The number of ether oxygens (including phenoxy) is 5. The molecule has 1 saturated carbocycles. The number of hydrogen-bond donors (Lipinski definition) is 2. The second-order valence-electron chi connectivity index (χ2n) is 19.8. The predicted octanol–water partition coefficient (Wildman–Crippen LogP) is 7.50. The largest absolute Gasteiger partial charge is 0.460 e. The Hall–Kier alpha value is -4.02. The summed E-state index contributed by atoms with van der Waals surface area (Å²) in [6.07, 6.45) is 11.7. The number of piperidine rings is 1. The van der Waals surface area contributed by atoms with Crippen LogP contribution < -0.4 is 0 Å². The second kappa shape index (κ2) is 26.1. The van der Waals surface area contributed by atoms with Gasteiger partial charge < -0.3 is 38.8 Å². The molecule has 1 amide bonds. The van der Waals surface area contributed by atoms with E-state index in [9.17, 15) is 34.2 Å². The number of rotatable bonds is 7. The van der Waals surface area contributed by atoms with Crippen LogP contribution in [0.15, 0.2) is 52.7 Å². The average molecular weight is 939 g/mol. The van der Waals surface area contributed by atoms with Crippen molar-refractivity contribution in [3.63, 3.8) is 0 Å². The first-order valence-electron chi connectivity index (χ1n) is 24.3. The lowest BCUT2D eigenvalue weighted by molar-refractivity contribution is -0.265. The highest BCUT2D eigenvalue weighted by atomic mass is 16.6. The maximum absolute atomic E-state index is 14.4. The zero-order chi connectivity index (χ0) is 49.6. The highest BCUT2D eigenvalue weighted by Crippen LogP contribution is 2.38. The van der Waals surface area contributed by atoms with E-state index in [1.165, 1.54) is 12.0 Å². The molecule has 0 aromatic rings. The van der Waals surface area contributed by atoms with Crippen LogP contribution in [0.5, 0.6) is 0 Å². The van der Waals surface area contributed by atoms with Gasteiger partial charge >= 0.3 is 5.97 Å². The highest BCUT2D eigenvalue weighted by Gasteiger charge is 2.53. The fourth-order valence-electron chi connectivity index (χ4n) is 10.3. The van der Waals surface area contributed by atoms with Gasteiger partial charge in [-0.15, -0.1) is 0 Å². The molecule has 2 unspecified atom stereocenters. The Morgan fingerprint density at radius 3 is 2.31 bits per heavy atom. The summed E-state index contributed by atoms with van der Waals surface area (Å²) < 4.78 is 29.5. The number of methoxy groups -OCH3 is 3. The maximum Gasteiger partial charge on any atom is 0.329 e. The van der Waals surface area contributed by atoms with Gasteiger partial charge in [0.05, 0.1) is 24.4 Å². The number of Topliss-reactive ketones (excluding diaryl/α,β-unsaturated/α-hetero) is 3. The van der Waals surface area contributed by atoms with Gasteiger partial charge in [0.2, 0.25) is 5.79 Å². The monoisotopic (exact) mass is 939 g/mol. The molecule has 2 N–H and O–H groups in total. The van der Waals surface area contributed by atoms with Gasteiger partial charge in [-0.1, -0.05) is 76.2 Å². The minimum atomic E-state index is -2.44. The molecule has 0 aromatic carbocycles. The number of carbonyl (C=O) groups excluding carboxylic acids is 5. The summed E-state index contributed by atoms with van der Waals surface area (Å²) >= 11 is 0. The van der Waals surface area contributed by atoms with Crippen LogP contribution in [0.3, 0.4) is 0 Å². The quantitative estimate of drug-likeness (QED) is 0.0632. The zero-order valence-electron chi connectivity index (χ0n) is 41.5. The number of amides is 1. The molecule has 1 aliphatic carbocycles. The van der Waals surface area contributed by atoms with E-state index >= 15 is 0 Å². The predicted molar refractivity (Wildman–Crippen MR) is 252 cm³/mol. The van der Waals surface area contributed by atoms with E-state index in [1.54, 1.807) is 41.1 Å². The third-order valence-electron chi connectivity index (χ3n) is 14.7. The average Bonchev–Trinajstić information content (AvgIpc) is 3.30. The number of cyclic esters (lactones) is 1. The molecule has 2 bridgehead atoms. The first-order valence-corrected chi connectivity index (χ1v) is 24.3. The van der Waals surface area contributed by atoms with Gasteiger partial charge in [-0.05, 0) is 112 Å². The third kappa shape index (κ3) is 14.7. The SMILES string of the molecule is COC1C[C@@H]2CC[C@@H](C)[C@@](O)(O2)C(=O)C(=O)N2CCCC[C@H]2C(=O)O[C@H]([C@H](C)C[C@@H]2CC[C@H](N=[N+]=[N-])[C@H](OC)C2)CC(=O)[C@H](C)/C=C(\C)[C@@H](O)C(OC)C(=O)[C@H](C)C[C@H](C)/C=C/C=C/C=C/1C. The summed E-state index contributed by atoms with van der Waals surface area (Å²) in [6.45, 7) is 12.7. The standard InChI is InChI=1S/C51H78N4O12/c1-30-16-12-11-13-17-31(2)42(63-8)28-38-21-19-36(7)51(62,67-38)48(59)49(60)55-23-15-14-18-40(55)50(61)66-43(33(4)26-37-20-22-39(53-54-52)44(27-37)64-9)29-41(56)32(3)25-35(6)46(58)47(65-10)45(57)34(5)24-30/h11-13,16-17,25,30,32-34,36-40,42-44,46-47,58,62H,14-15,18-24,26-29H2,1-10H3/b13-11+,16-12+,31-17+,35-25+/t30-,32-,33-,34-,36-,37+,38+,39+,40+,42?,43+,44-,46-,47?,51-/m1/s1. The fourth-order valence-corrected chi connectivity index (χ4v) is 10.3. The molecule has 2 saturated heterocycles. The number of esters is 1. The number of carbonyl (C=O) groups is 5. The number of allylic oxidation sites excluding steroid dienone is 6. The van der Waals surface area contributed by atoms with Crippen molar-refractivity contribution >= 4 is 29.2 Å². The second-order valence-corrected chi connectivity index (χ2v) is 19.8. The van der Waals surface area contributed by atoms with Crippen LogP contribution in [0.1, 0.15) is 126 Å². The molecule has 3 heterocycles. The molecular weight excluding hydrogens is 861 g/mol. The molecule has 67 heavy (non-hydrogen) atoms. The van der Waals surface area contributed by atoms with Crippen molar-refractivity contribution in [2.45, 2.75) is 180 Å². The summed E-state index contributed by atoms with van der Waals surface area (Å²) in [7, 11) is 4.52. The summed E-state index contributed by atoms with van der Waals surface area (Å²) in [5.41, 5.74) is 10.4. The van der Waals surface area contributed by atoms with Crippen molar-refractivity contribution in [3.8, 4) is 0 Å². The van der Waals surface area contributed by atoms with Crippen molar-refractivity contribution in [2.24, 2.45) is 40.6 Å². The van der Waals surface area contributed by atoms with Gasteiger partial charge in [0, 0.05) is 63.4 Å². The minimum absolute atomic E-state index is 0.0129. The summed E-state index contributed by atoms with van der Waals surface area (Å²) in [6, 6.07) is -1.47. The van der Waals surface area contributed by atoms with Gasteiger partial charge in [-0.3, -0.25) is 19.2 Å². The van der Waals surface area contributed by atoms with Crippen molar-refractivity contribution in [3.05, 3.63) is 58.0 Å². The van der Waals surface area contributed by atoms with Crippen LogP contribution in [-0.2, 0) is 47.7 Å². The van der Waals surface area contributed by atoms with E-state index < -0.39 is 77.8 Å². The summed E-state index contributed by atoms with van der Waals surface area (Å²) in [5, 5.41) is 27.3. The molecule has 16 heteroatoms. The Labute approximate surface area is 397 Å². The Kier molecular flexibility index (Phi) is 21.6. The number of nitrogens with zero attached hydrogens (tertiary/aromatic N) is 4. The number of aliphatic hydroxyl groups is 2. The van der Waals surface area contributed by atoms with Crippen LogP contribution in [0.4, 0.5) is 0 Å². The lowest BCUT2D eigenvalue weighted by Crippen LogP contribution is -2.61. The van der Waals surface area contributed by atoms with Gasteiger partial charge in [0.15, 0.2) is 5.78 Å². The molecule has 3 aliphatic heterocycles. The van der Waals surface area contributed by atoms with Gasteiger partial charge in [-0.2, -0.15) is 0 Å². The van der Waals surface area contributed by atoms with Crippen molar-refractivity contribution in [1.29, 1.82) is 0 Å². The first-order chi connectivity index (χ1) is 31.8. The van der Waals surface area contributed by atoms with E-state index in [0.717, 1.165) is 12.0 Å². The zero-order valence-corrected chi connectivity index (χ0v) is 41.5. The van der Waals surface area contributed by atoms with Crippen LogP contribution in [0, 0.1) is 35.5 Å². The lowest BCUT2D eigenvalue weighted by atomic mass is 9.78. The van der Waals surface area contributed by atoms with E-state index in [2.05, 4.69) is 10.0 Å². The first kappa shape index (κ1) is 55.6. The number of fused-ring (bicyclic) bond motifs is 3. The number of azide groups is 1. The van der Waals surface area contributed by atoms with E-state index in [-0.39, 0.29) is 60.9 Å². The number of hydrogen-bond acceptors (Lipinski definition) is 13. The molecular formula is C51H78N4O12. The Morgan fingerprint density at radius 2 is 1.64 bits per heavy atom. The molecule has 15 atom stereocenters. The van der Waals surface area contributed by atoms with Crippen LogP contribution in [0.25, 0.3) is 10.4 Å². The Morgan fingerprint density at radius 1 is 0.910 bits per heavy atom. The Balaban J connectivity index is 1.71. The van der Waals surface area contributed by atoms with Crippen molar-refractivity contribution in [1.82, 2.24) is 4.90 Å². The molecule has 16 nitrogen and oxygen atoms in total. The van der Waals surface area contributed by atoms with Crippen LogP contribution in [-0.4, -0.2) is 127 Å². The third-order valence-corrected chi connectivity index (χ3v) is 14.7. The van der Waals surface area contributed by atoms with Crippen molar-refractivity contribution < 1.29 is 57.9 Å². The maximum atomic E-state index is 14.4. The molecule has 0 radical (unpaired) electrons. The highest BCUT2D eigenvalue weighted by molar-refractivity contribution is 6.39. The van der Waals surface area contributed by atoms with E-state index in [0.29, 0.717) is 63.4 Å². The van der Waals surface area contributed by atoms with E-state index in [1.807, 2.05) is 58.1 Å². The molecule has 0 spiro atoms. The summed E-state index contributed by atoms with van der Waals surface area (Å²) in [4.78, 5) is 75.0. The van der Waals surface area contributed by atoms with Gasteiger partial charge in [0.1, 0.15) is 30.1 Å². The minimum Gasteiger partial charge on any atom is -0.460 e. The lowest BCUT2D eigenvalue weighted by Gasteiger charge is -2.42.